The first kappa shape index (κ1) is 15.6. The van der Waals surface area contributed by atoms with Gasteiger partial charge in [-0.05, 0) is 38.0 Å². The number of amides is 1. The van der Waals surface area contributed by atoms with Gasteiger partial charge >= 0.3 is 0 Å². The number of nitrogens with zero attached hydrogens (tertiary/aromatic N) is 1. The monoisotopic (exact) mass is 336 g/mol. The summed E-state index contributed by atoms with van der Waals surface area (Å²) >= 11 is 3.13. The van der Waals surface area contributed by atoms with Crippen molar-refractivity contribution in [2.24, 2.45) is 0 Å². The second-order valence-electron chi connectivity index (χ2n) is 5.38. The molecule has 0 spiro atoms. The van der Waals surface area contributed by atoms with Crippen molar-refractivity contribution in [2.75, 3.05) is 12.4 Å². The lowest BCUT2D eigenvalue weighted by atomic mass is 10.2. The van der Waals surface area contributed by atoms with Crippen molar-refractivity contribution in [1.29, 1.82) is 0 Å². The van der Waals surface area contributed by atoms with Gasteiger partial charge < -0.3 is 10.1 Å². The van der Waals surface area contributed by atoms with Crippen LogP contribution >= 0.6 is 23.1 Å². The van der Waals surface area contributed by atoms with E-state index in [1.54, 1.807) is 11.3 Å². The molecule has 1 aromatic heterocycles. The minimum atomic E-state index is 0.117. The molecule has 1 aromatic carbocycles. The highest BCUT2D eigenvalue weighted by Gasteiger charge is 2.17. The first-order valence-electron chi connectivity index (χ1n) is 7.70. The Morgan fingerprint density at radius 1 is 1.45 bits per heavy atom. The van der Waals surface area contributed by atoms with Gasteiger partial charge in [-0.25, -0.2) is 4.98 Å². The van der Waals surface area contributed by atoms with Crippen LogP contribution < -0.4 is 10.1 Å². The third-order valence-electron chi connectivity index (χ3n) is 3.70. The van der Waals surface area contributed by atoms with Crippen LogP contribution in [0.5, 0.6) is 5.75 Å². The maximum atomic E-state index is 12.0. The predicted octanol–water partition coefficient (Wildman–Crippen LogP) is 3.85. The Morgan fingerprint density at radius 2 is 2.27 bits per heavy atom. The van der Waals surface area contributed by atoms with E-state index in [4.69, 9.17) is 4.74 Å². The fourth-order valence-electron chi connectivity index (χ4n) is 2.67. The van der Waals surface area contributed by atoms with E-state index in [9.17, 15) is 4.79 Å². The fourth-order valence-corrected chi connectivity index (χ4v) is 4.58. The molecule has 6 heteroatoms. The van der Waals surface area contributed by atoms with Gasteiger partial charge in [-0.15, -0.1) is 11.3 Å². The Bertz CT molecular complexity index is 651. The molecule has 2 aromatic rings. The number of ether oxygens (including phenoxy) is 1. The van der Waals surface area contributed by atoms with Gasteiger partial charge in [-0.3, -0.25) is 4.79 Å². The number of thioether (sulfide) groups is 1. The third kappa shape index (κ3) is 3.93. The molecule has 1 N–H and O–H groups in total. The van der Waals surface area contributed by atoms with Crippen LogP contribution in [0.4, 0.5) is 0 Å². The van der Waals surface area contributed by atoms with Crippen LogP contribution in [0.1, 0.15) is 32.6 Å². The van der Waals surface area contributed by atoms with Crippen molar-refractivity contribution >= 4 is 39.2 Å². The van der Waals surface area contributed by atoms with Gasteiger partial charge in [0.05, 0.1) is 22.6 Å². The summed E-state index contributed by atoms with van der Waals surface area (Å²) in [5.41, 5.74) is 0.965. The Balaban J connectivity index is 1.57. The summed E-state index contributed by atoms with van der Waals surface area (Å²) in [6, 6.07) is 6.31. The predicted molar refractivity (Wildman–Crippen MR) is 91.9 cm³/mol. The van der Waals surface area contributed by atoms with E-state index in [0.29, 0.717) is 18.4 Å². The quantitative estimate of drug-likeness (QED) is 0.814. The Hall–Kier alpha value is -1.27. The normalized spacial score (nSPS) is 15.3. The van der Waals surface area contributed by atoms with E-state index in [1.807, 2.05) is 25.1 Å². The zero-order valence-corrected chi connectivity index (χ0v) is 14.3. The molecule has 0 unspecified atom stereocenters. The summed E-state index contributed by atoms with van der Waals surface area (Å²) in [7, 11) is 0. The molecule has 1 saturated carbocycles. The highest BCUT2D eigenvalue weighted by molar-refractivity contribution is 8.01. The fraction of sp³-hybridized carbons (Fsp3) is 0.500. The molecule has 3 rings (SSSR count). The van der Waals surface area contributed by atoms with E-state index >= 15 is 0 Å². The largest absolute Gasteiger partial charge is 0.494 e. The lowest BCUT2D eigenvalue weighted by Gasteiger charge is -2.10. The molecule has 1 aliphatic carbocycles. The lowest BCUT2D eigenvalue weighted by Crippen LogP contribution is -2.33. The maximum absolute atomic E-state index is 12.0. The van der Waals surface area contributed by atoms with Crippen LogP contribution in [0.3, 0.4) is 0 Å². The minimum Gasteiger partial charge on any atom is -0.494 e. The molecule has 4 nitrogen and oxygen atoms in total. The van der Waals surface area contributed by atoms with Crippen LogP contribution in [0.2, 0.25) is 0 Å². The number of rotatable bonds is 6. The SMILES string of the molecule is CCOc1ccc2nc(SCC(=O)NC3CCCC3)sc2c1. The highest BCUT2D eigenvalue weighted by Crippen LogP contribution is 2.31. The molecule has 1 fully saturated rings. The molecule has 22 heavy (non-hydrogen) atoms. The van der Waals surface area contributed by atoms with Gasteiger partial charge in [0.2, 0.25) is 5.91 Å². The van der Waals surface area contributed by atoms with Crippen molar-refractivity contribution in [3.63, 3.8) is 0 Å². The second kappa shape index (κ2) is 7.33. The smallest absolute Gasteiger partial charge is 0.230 e. The number of fused-ring (bicyclic) bond motifs is 1. The van der Waals surface area contributed by atoms with Gasteiger partial charge in [-0.1, -0.05) is 24.6 Å². The van der Waals surface area contributed by atoms with Crippen molar-refractivity contribution in [2.45, 2.75) is 43.0 Å². The van der Waals surface area contributed by atoms with E-state index in [2.05, 4.69) is 10.3 Å². The second-order valence-corrected chi connectivity index (χ2v) is 7.63. The van der Waals surface area contributed by atoms with E-state index in [1.165, 1.54) is 24.6 Å². The summed E-state index contributed by atoms with van der Waals surface area (Å²) in [4.78, 5) is 16.5. The number of nitrogens with one attached hydrogen (secondary N) is 1. The molecule has 0 saturated heterocycles. The van der Waals surface area contributed by atoms with Crippen molar-refractivity contribution in [3.05, 3.63) is 18.2 Å². The van der Waals surface area contributed by atoms with Crippen LogP contribution in [-0.2, 0) is 4.79 Å². The molecule has 0 aliphatic heterocycles. The third-order valence-corrected chi connectivity index (χ3v) is 5.86. The van der Waals surface area contributed by atoms with Gasteiger partial charge in [-0.2, -0.15) is 0 Å². The first-order valence-corrected chi connectivity index (χ1v) is 9.50. The molecule has 1 amide bonds. The summed E-state index contributed by atoms with van der Waals surface area (Å²) in [5, 5.41) is 3.11. The summed E-state index contributed by atoms with van der Waals surface area (Å²) in [5.74, 6) is 1.43. The summed E-state index contributed by atoms with van der Waals surface area (Å²) in [6.07, 6.45) is 4.71. The number of hydrogen-bond acceptors (Lipinski definition) is 5. The summed E-state index contributed by atoms with van der Waals surface area (Å²) in [6.45, 7) is 2.63. The maximum Gasteiger partial charge on any atom is 0.230 e. The van der Waals surface area contributed by atoms with E-state index in [-0.39, 0.29) is 5.91 Å². The molecule has 118 valence electrons. The van der Waals surface area contributed by atoms with Crippen LogP contribution in [0.15, 0.2) is 22.5 Å². The number of hydrogen-bond donors (Lipinski definition) is 1. The summed E-state index contributed by atoms with van der Waals surface area (Å²) < 4.78 is 7.54. The number of carbonyl (C=O) groups excluding carboxylic acids is 1. The van der Waals surface area contributed by atoms with Crippen molar-refractivity contribution in [1.82, 2.24) is 10.3 Å². The van der Waals surface area contributed by atoms with Crippen LogP contribution in [0, 0.1) is 0 Å². The van der Waals surface area contributed by atoms with Gasteiger partial charge in [0, 0.05) is 6.04 Å². The number of aromatic nitrogens is 1. The molecular formula is C16H20N2O2S2. The molecule has 0 atom stereocenters. The standard InChI is InChI=1S/C16H20N2O2S2/c1-2-20-12-7-8-13-14(9-12)22-16(18-13)21-10-15(19)17-11-5-3-4-6-11/h7-9,11H,2-6,10H2,1H3,(H,17,19). The average molecular weight is 336 g/mol. The zero-order valence-electron chi connectivity index (χ0n) is 12.6. The van der Waals surface area contributed by atoms with E-state index < -0.39 is 0 Å². The molecule has 0 bridgehead atoms. The van der Waals surface area contributed by atoms with Crippen LogP contribution in [0.25, 0.3) is 10.2 Å². The topological polar surface area (TPSA) is 51.2 Å². The van der Waals surface area contributed by atoms with Crippen molar-refractivity contribution < 1.29 is 9.53 Å². The Morgan fingerprint density at radius 3 is 3.05 bits per heavy atom. The Labute approximate surface area is 138 Å². The minimum absolute atomic E-state index is 0.117. The molecule has 1 aliphatic rings. The zero-order chi connectivity index (χ0) is 15.4. The van der Waals surface area contributed by atoms with Gasteiger partial charge in [0.1, 0.15) is 5.75 Å². The molecule has 1 heterocycles. The Kier molecular flexibility index (Phi) is 5.20. The number of carbonyl (C=O) groups is 1. The number of benzene rings is 1. The average Bonchev–Trinajstić information content (AvgIpc) is 3.14. The van der Waals surface area contributed by atoms with Crippen molar-refractivity contribution in [3.8, 4) is 5.75 Å². The highest BCUT2D eigenvalue weighted by atomic mass is 32.2. The first-order chi connectivity index (χ1) is 10.7. The van der Waals surface area contributed by atoms with Crippen LogP contribution in [-0.4, -0.2) is 29.3 Å². The van der Waals surface area contributed by atoms with Gasteiger partial charge in [0.15, 0.2) is 4.34 Å². The molecular weight excluding hydrogens is 316 g/mol. The number of thiazole rings is 1. The van der Waals surface area contributed by atoms with E-state index in [0.717, 1.165) is 33.1 Å². The molecule has 0 radical (unpaired) electrons. The van der Waals surface area contributed by atoms with Gasteiger partial charge in [0.25, 0.3) is 0 Å². The lowest BCUT2D eigenvalue weighted by molar-refractivity contribution is -0.119.